The molecule has 0 spiro atoms. The Kier molecular flexibility index (Phi) is 9.55. The summed E-state index contributed by atoms with van der Waals surface area (Å²) in [4.78, 5) is 27.3. The minimum Gasteiger partial charge on any atom is -0.352 e. The van der Waals surface area contributed by atoms with Crippen molar-refractivity contribution in [1.82, 2.24) is 10.2 Å². The summed E-state index contributed by atoms with van der Waals surface area (Å²) >= 11 is 7.56. The second-order valence-electron chi connectivity index (χ2n) is 7.12. The quantitative estimate of drug-likeness (QED) is 0.580. The van der Waals surface area contributed by atoms with Crippen LogP contribution in [0.3, 0.4) is 0 Å². The fourth-order valence-corrected chi connectivity index (χ4v) is 3.86. The van der Waals surface area contributed by atoms with E-state index in [0.717, 1.165) is 17.5 Å². The van der Waals surface area contributed by atoms with Crippen molar-refractivity contribution in [3.63, 3.8) is 0 Å². The lowest BCUT2D eigenvalue weighted by atomic mass is 10.1. The van der Waals surface area contributed by atoms with Gasteiger partial charge < -0.3 is 10.2 Å². The Morgan fingerprint density at radius 2 is 1.76 bits per heavy atom. The van der Waals surface area contributed by atoms with Crippen molar-refractivity contribution in [3.8, 4) is 0 Å². The van der Waals surface area contributed by atoms with Gasteiger partial charge in [0.1, 0.15) is 6.04 Å². The number of thioether (sulfide) groups is 1. The summed E-state index contributed by atoms with van der Waals surface area (Å²) in [6.07, 6.45) is 0.848. The highest BCUT2D eigenvalue weighted by Crippen LogP contribution is 2.18. The molecule has 0 fully saturated rings. The van der Waals surface area contributed by atoms with Crippen molar-refractivity contribution < 1.29 is 9.59 Å². The molecule has 4 nitrogen and oxygen atoms in total. The average molecular weight is 433 g/mol. The van der Waals surface area contributed by atoms with Crippen molar-refractivity contribution in [2.45, 2.75) is 51.6 Å². The van der Waals surface area contributed by atoms with Gasteiger partial charge in [0.15, 0.2) is 0 Å². The molecule has 2 amide bonds. The van der Waals surface area contributed by atoms with Crippen LogP contribution in [0.15, 0.2) is 54.6 Å². The highest BCUT2D eigenvalue weighted by atomic mass is 35.5. The van der Waals surface area contributed by atoms with Crippen molar-refractivity contribution in [2.24, 2.45) is 0 Å². The number of halogens is 1. The van der Waals surface area contributed by atoms with Crippen molar-refractivity contribution >= 4 is 35.2 Å². The standard InChI is InChI=1S/C23H29ClN2O2S/c1-4-17(2)25-23(28)18(3)26(14-19-9-6-5-7-10-19)22(27)16-29-15-20-11-8-12-21(24)13-20/h5-13,17-18H,4,14-16H2,1-3H3,(H,25,28)/t17-,18-/m1/s1. The third kappa shape index (κ3) is 7.75. The van der Waals surface area contributed by atoms with Gasteiger partial charge in [0.2, 0.25) is 11.8 Å². The molecule has 0 unspecified atom stereocenters. The lowest BCUT2D eigenvalue weighted by molar-refractivity contribution is -0.138. The normalized spacial score (nSPS) is 12.8. The molecule has 29 heavy (non-hydrogen) atoms. The number of hydrogen-bond donors (Lipinski definition) is 1. The summed E-state index contributed by atoms with van der Waals surface area (Å²) < 4.78 is 0. The van der Waals surface area contributed by atoms with Crippen molar-refractivity contribution in [3.05, 3.63) is 70.7 Å². The smallest absolute Gasteiger partial charge is 0.242 e. The van der Waals surface area contributed by atoms with Crippen LogP contribution >= 0.6 is 23.4 Å². The fourth-order valence-electron chi connectivity index (χ4n) is 2.79. The van der Waals surface area contributed by atoms with E-state index in [0.29, 0.717) is 23.1 Å². The van der Waals surface area contributed by atoms with Gasteiger partial charge in [-0.15, -0.1) is 11.8 Å². The molecule has 2 aromatic carbocycles. The summed E-state index contributed by atoms with van der Waals surface area (Å²) in [6.45, 7) is 6.19. The molecule has 0 saturated carbocycles. The molecule has 0 saturated heterocycles. The second kappa shape index (κ2) is 11.9. The van der Waals surface area contributed by atoms with E-state index in [2.05, 4.69) is 5.32 Å². The van der Waals surface area contributed by atoms with E-state index in [1.54, 1.807) is 11.8 Å². The number of benzene rings is 2. The van der Waals surface area contributed by atoms with Gasteiger partial charge in [0.25, 0.3) is 0 Å². The van der Waals surface area contributed by atoms with Crippen LogP contribution in [0.1, 0.15) is 38.3 Å². The number of carbonyl (C=O) groups is 2. The first-order chi connectivity index (χ1) is 13.9. The highest BCUT2D eigenvalue weighted by molar-refractivity contribution is 7.99. The van der Waals surface area contributed by atoms with Gasteiger partial charge in [-0.3, -0.25) is 9.59 Å². The first kappa shape index (κ1) is 23.3. The Hall–Kier alpha value is -1.98. The molecular weight excluding hydrogens is 404 g/mol. The average Bonchev–Trinajstić information content (AvgIpc) is 2.72. The van der Waals surface area contributed by atoms with Crippen LogP contribution in [0.4, 0.5) is 0 Å². The van der Waals surface area contributed by atoms with Gasteiger partial charge >= 0.3 is 0 Å². The first-order valence-electron chi connectivity index (χ1n) is 9.86. The third-order valence-electron chi connectivity index (χ3n) is 4.75. The third-order valence-corrected chi connectivity index (χ3v) is 5.97. The van der Waals surface area contributed by atoms with Crippen LogP contribution in [-0.4, -0.2) is 34.6 Å². The molecule has 0 aliphatic heterocycles. The van der Waals surface area contributed by atoms with Crippen LogP contribution in [0, 0.1) is 0 Å². The van der Waals surface area contributed by atoms with E-state index in [1.165, 1.54) is 11.8 Å². The zero-order valence-corrected chi connectivity index (χ0v) is 18.8. The van der Waals surface area contributed by atoms with E-state index in [-0.39, 0.29) is 17.9 Å². The molecule has 0 bridgehead atoms. The Labute approximate surface area is 183 Å². The van der Waals surface area contributed by atoms with E-state index < -0.39 is 6.04 Å². The molecule has 2 aromatic rings. The Morgan fingerprint density at radius 1 is 1.07 bits per heavy atom. The Balaban J connectivity index is 2.04. The maximum atomic E-state index is 13.0. The summed E-state index contributed by atoms with van der Waals surface area (Å²) in [7, 11) is 0. The van der Waals surface area contributed by atoms with Crippen LogP contribution in [0.25, 0.3) is 0 Å². The second-order valence-corrected chi connectivity index (χ2v) is 8.55. The zero-order valence-electron chi connectivity index (χ0n) is 17.2. The van der Waals surface area contributed by atoms with E-state index in [9.17, 15) is 9.59 Å². The molecule has 0 aliphatic carbocycles. The lowest BCUT2D eigenvalue weighted by Gasteiger charge is -2.29. The van der Waals surface area contributed by atoms with Crippen molar-refractivity contribution in [1.29, 1.82) is 0 Å². The van der Waals surface area contributed by atoms with Crippen LogP contribution in [0.2, 0.25) is 5.02 Å². The molecule has 2 rings (SSSR count). The molecule has 6 heteroatoms. The maximum absolute atomic E-state index is 13.0. The number of amides is 2. The summed E-state index contributed by atoms with van der Waals surface area (Å²) in [5.41, 5.74) is 2.08. The summed E-state index contributed by atoms with van der Waals surface area (Å²) in [5, 5.41) is 3.67. The molecule has 2 atom stereocenters. The predicted molar refractivity (Wildman–Crippen MR) is 122 cm³/mol. The van der Waals surface area contributed by atoms with E-state index in [4.69, 9.17) is 11.6 Å². The molecule has 0 aliphatic rings. The predicted octanol–water partition coefficient (Wildman–Crippen LogP) is 4.91. The largest absolute Gasteiger partial charge is 0.352 e. The van der Waals surface area contributed by atoms with Gasteiger partial charge in [-0.05, 0) is 43.5 Å². The SMILES string of the molecule is CC[C@@H](C)NC(=O)[C@@H](C)N(Cc1ccccc1)C(=O)CSCc1cccc(Cl)c1. The number of nitrogens with one attached hydrogen (secondary N) is 1. The minimum atomic E-state index is -0.538. The minimum absolute atomic E-state index is 0.0484. The number of hydrogen-bond acceptors (Lipinski definition) is 3. The number of nitrogens with zero attached hydrogens (tertiary/aromatic N) is 1. The first-order valence-corrected chi connectivity index (χ1v) is 11.4. The number of carbonyl (C=O) groups excluding carboxylic acids is 2. The Morgan fingerprint density at radius 3 is 2.41 bits per heavy atom. The summed E-state index contributed by atoms with van der Waals surface area (Å²) in [6, 6.07) is 16.9. The highest BCUT2D eigenvalue weighted by Gasteiger charge is 2.26. The van der Waals surface area contributed by atoms with Gasteiger partial charge in [-0.1, -0.05) is 61.0 Å². The van der Waals surface area contributed by atoms with Crippen LogP contribution < -0.4 is 5.32 Å². The molecule has 0 heterocycles. The van der Waals surface area contributed by atoms with E-state index >= 15 is 0 Å². The van der Waals surface area contributed by atoms with Crippen molar-refractivity contribution in [2.75, 3.05) is 5.75 Å². The zero-order chi connectivity index (χ0) is 21.2. The topological polar surface area (TPSA) is 49.4 Å². The van der Waals surface area contributed by atoms with Crippen LogP contribution in [-0.2, 0) is 21.9 Å². The fraction of sp³-hybridized carbons (Fsp3) is 0.391. The van der Waals surface area contributed by atoms with Crippen LogP contribution in [0.5, 0.6) is 0 Å². The van der Waals surface area contributed by atoms with Gasteiger partial charge in [0.05, 0.1) is 5.75 Å². The molecule has 0 radical (unpaired) electrons. The molecule has 0 aromatic heterocycles. The van der Waals surface area contributed by atoms with Gasteiger partial charge in [0, 0.05) is 23.4 Å². The molecular formula is C23H29ClN2O2S. The molecule has 1 N–H and O–H groups in total. The Bertz CT molecular complexity index is 800. The van der Waals surface area contributed by atoms with E-state index in [1.807, 2.05) is 68.4 Å². The number of rotatable bonds is 10. The lowest BCUT2D eigenvalue weighted by Crippen LogP contribution is -2.50. The maximum Gasteiger partial charge on any atom is 0.242 e. The summed E-state index contributed by atoms with van der Waals surface area (Å²) in [5.74, 6) is 0.829. The monoisotopic (exact) mass is 432 g/mol. The van der Waals surface area contributed by atoms with Gasteiger partial charge in [-0.25, -0.2) is 0 Å². The van der Waals surface area contributed by atoms with Gasteiger partial charge in [-0.2, -0.15) is 0 Å². The molecule has 156 valence electrons.